The van der Waals surface area contributed by atoms with E-state index < -0.39 is 5.97 Å². The van der Waals surface area contributed by atoms with Gasteiger partial charge >= 0.3 is 5.97 Å². The van der Waals surface area contributed by atoms with E-state index in [4.69, 9.17) is 4.74 Å². The zero-order valence-electron chi connectivity index (χ0n) is 15.1. The minimum absolute atomic E-state index is 0.106. The van der Waals surface area contributed by atoms with Gasteiger partial charge in [0.15, 0.2) is 0 Å². The third-order valence-corrected chi connectivity index (χ3v) is 4.91. The van der Waals surface area contributed by atoms with E-state index in [1.807, 2.05) is 45.0 Å². The summed E-state index contributed by atoms with van der Waals surface area (Å²) in [6.07, 6.45) is 3.44. The number of aromatic carboxylic acids is 1. The van der Waals surface area contributed by atoms with Crippen molar-refractivity contribution in [2.45, 2.75) is 45.8 Å². The van der Waals surface area contributed by atoms with Gasteiger partial charge in [-0.05, 0) is 32.9 Å². The normalized spacial score (nSPS) is 19.0. The molecule has 26 heavy (non-hydrogen) atoms. The number of hydrogen-bond donors (Lipinski definition) is 2. The number of nitrogens with zero attached hydrogens (tertiary/aromatic N) is 1. The van der Waals surface area contributed by atoms with Crippen molar-refractivity contribution >= 4 is 23.0 Å². The summed E-state index contributed by atoms with van der Waals surface area (Å²) < 4.78 is 5.79. The van der Waals surface area contributed by atoms with Crippen LogP contribution in [0.1, 0.15) is 48.2 Å². The highest BCUT2D eigenvalue weighted by molar-refractivity contribution is 7.15. The second-order valence-electron chi connectivity index (χ2n) is 7.38. The van der Waals surface area contributed by atoms with Gasteiger partial charge in [0.2, 0.25) is 5.88 Å². The summed E-state index contributed by atoms with van der Waals surface area (Å²) in [6.45, 7) is 6.09. The predicted octanol–water partition coefficient (Wildman–Crippen LogP) is 4.26. The van der Waals surface area contributed by atoms with Crippen molar-refractivity contribution in [2.75, 3.05) is 5.32 Å². The molecule has 2 heterocycles. The van der Waals surface area contributed by atoms with Crippen molar-refractivity contribution in [3.05, 3.63) is 40.2 Å². The first-order valence-corrected chi connectivity index (χ1v) is 9.36. The molecule has 5 nitrogen and oxygen atoms in total. The van der Waals surface area contributed by atoms with Crippen LogP contribution in [0.2, 0.25) is 0 Å². The van der Waals surface area contributed by atoms with Crippen molar-refractivity contribution in [2.24, 2.45) is 5.41 Å². The number of nitrogens with one attached hydrogen (secondary N) is 1. The number of carboxylic acid groups (broad SMARTS) is 1. The number of hydrogen-bond acceptors (Lipinski definition) is 5. The largest absolute Gasteiger partial charge is 0.477 e. The Morgan fingerprint density at radius 2 is 2.15 bits per heavy atom. The summed E-state index contributed by atoms with van der Waals surface area (Å²) in [5, 5.41) is 12.8. The Kier molecular flexibility index (Phi) is 5.19. The van der Waals surface area contributed by atoms with Crippen LogP contribution in [0.25, 0.3) is 0 Å². The van der Waals surface area contributed by atoms with Crippen molar-refractivity contribution in [3.63, 3.8) is 0 Å². The SMILES string of the molecule is CC(C)(C)C#Cc1cc(N[C@H]2C[C@@H](Oc3ccccn3)C2)c(C(=O)O)s1. The maximum atomic E-state index is 11.5. The van der Waals surface area contributed by atoms with Crippen LogP contribution in [-0.4, -0.2) is 28.2 Å². The van der Waals surface area contributed by atoms with Crippen molar-refractivity contribution in [1.29, 1.82) is 0 Å². The molecule has 0 unspecified atom stereocenters. The van der Waals surface area contributed by atoms with Crippen LogP contribution in [0.15, 0.2) is 30.5 Å². The molecule has 0 atom stereocenters. The molecule has 1 aliphatic carbocycles. The molecule has 3 rings (SSSR count). The fourth-order valence-electron chi connectivity index (χ4n) is 2.56. The summed E-state index contributed by atoms with van der Waals surface area (Å²) in [6, 6.07) is 7.60. The molecule has 1 saturated carbocycles. The van der Waals surface area contributed by atoms with Gasteiger partial charge in [0.1, 0.15) is 11.0 Å². The number of thiophene rings is 1. The molecule has 2 N–H and O–H groups in total. The van der Waals surface area contributed by atoms with Crippen LogP contribution in [0.4, 0.5) is 5.69 Å². The highest BCUT2D eigenvalue weighted by Gasteiger charge is 2.32. The molecule has 0 radical (unpaired) electrons. The monoisotopic (exact) mass is 370 g/mol. The molecular formula is C20H22N2O3S. The Morgan fingerprint density at radius 1 is 1.38 bits per heavy atom. The van der Waals surface area contributed by atoms with E-state index in [2.05, 4.69) is 22.1 Å². The van der Waals surface area contributed by atoms with Gasteiger partial charge in [0.05, 0.1) is 10.6 Å². The zero-order chi connectivity index (χ0) is 18.7. The summed E-state index contributed by atoms with van der Waals surface area (Å²) in [4.78, 5) is 16.7. The van der Waals surface area contributed by atoms with E-state index >= 15 is 0 Å². The highest BCUT2D eigenvalue weighted by atomic mass is 32.1. The van der Waals surface area contributed by atoms with Gasteiger partial charge < -0.3 is 15.2 Å². The van der Waals surface area contributed by atoms with Gasteiger partial charge in [-0.3, -0.25) is 0 Å². The molecule has 0 aliphatic heterocycles. The van der Waals surface area contributed by atoms with Gasteiger partial charge in [-0.2, -0.15) is 0 Å². The lowest BCUT2D eigenvalue weighted by Crippen LogP contribution is -2.42. The fraction of sp³-hybridized carbons (Fsp3) is 0.400. The average molecular weight is 370 g/mol. The van der Waals surface area contributed by atoms with Gasteiger partial charge in [-0.15, -0.1) is 11.3 Å². The molecule has 6 heteroatoms. The number of ether oxygens (including phenoxy) is 1. The molecule has 0 bridgehead atoms. The Labute approximate surface area is 157 Å². The quantitative estimate of drug-likeness (QED) is 0.770. The van der Waals surface area contributed by atoms with Gasteiger partial charge in [-0.1, -0.05) is 17.9 Å². The summed E-state index contributed by atoms with van der Waals surface area (Å²) in [5.74, 6) is 5.92. The first-order chi connectivity index (χ1) is 12.3. The minimum Gasteiger partial charge on any atom is -0.477 e. The molecule has 2 aromatic rings. The standard InChI is InChI=1S/C20H22N2O3S/c1-20(2,3)8-7-15-12-16(18(26-15)19(23)24)22-13-10-14(11-13)25-17-6-4-5-9-21-17/h4-6,9,12-14,22H,10-11H2,1-3H3,(H,23,24)/t13-,14+. The van der Waals surface area contributed by atoms with Crippen molar-refractivity contribution in [1.82, 2.24) is 4.98 Å². The fourth-order valence-corrected chi connectivity index (χ4v) is 3.37. The van der Waals surface area contributed by atoms with E-state index in [1.54, 1.807) is 6.20 Å². The molecule has 136 valence electrons. The van der Waals surface area contributed by atoms with Gasteiger partial charge in [-0.25, -0.2) is 9.78 Å². The van der Waals surface area contributed by atoms with Gasteiger partial charge in [0, 0.05) is 36.6 Å². The summed E-state index contributed by atoms with van der Waals surface area (Å²) >= 11 is 1.21. The first-order valence-electron chi connectivity index (χ1n) is 8.55. The van der Waals surface area contributed by atoms with E-state index in [1.165, 1.54) is 11.3 Å². The predicted molar refractivity (Wildman–Crippen MR) is 103 cm³/mol. The van der Waals surface area contributed by atoms with Crippen molar-refractivity contribution in [3.8, 4) is 17.7 Å². The lowest BCUT2D eigenvalue weighted by Gasteiger charge is -2.35. The first kappa shape index (κ1) is 18.3. The maximum absolute atomic E-state index is 11.5. The molecular weight excluding hydrogens is 348 g/mol. The molecule has 1 aliphatic rings. The molecule has 0 saturated heterocycles. The van der Waals surface area contributed by atoms with Crippen LogP contribution in [-0.2, 0) is 0 Å². The Morgan fingerprint density at radius 3 is 2.77 bits per heavy atom. The lowest BCUT2D eigenvalue weighted by atomic mass is 9.89. The van der Waals surface area contributed by atoms with E-state index in [0.717, 1.165) is 17.7 Å². The number of pyridine rings is 1. The Bertz CT molecular complexity index is 837. The third kappa shape index (κ3) is 4.77. The second-order valence-corrected chi connectivity index (χ2v) is 8.43. The second kappa shape index (κ2) is 7.38. The molecule has 2 aromatic heterocycles. The summed E-state index contributed by atoms with van der Waals surface area (Å²) in [7, 11) is 0. The number of carboxylic acids is 1. The number of aromatic nitrogens is 1. The topological polar surface area (TPSA) is 71.5 Å². The Hall–Kier alpha value is -2.52. The lowest BCUT2D eigenvalue weighted by molar-refractivity contribution is 0.0703. The van der Waals surface area contributed by atoms with Gasteiger partial charge in [0.25, 0.3) is 0 Å². The van der Waals surface area contributed by atoms with E-state index in [0.29, 0.717) is 16.4 Å². The number of anilines is 1. The maximum Gasteiger partial charge on any atom is 0.348 e. The van der Waals surface area contributed by atoms with Crippen molar-refractivity contribution < 1.29 is 14.6 Å². The average Bonchev–Trinajstić information content (AvgIpc) is 2.95. The van der Waals surface area contributed by atoms with Crippen LogP contribution in [0.3, 0.4) is 0 Å². The Balaban J connectivity index is 1.62. The molecule has 0 spiro atoms. The van der Waals surface area contributed by atoms with Crippen LogP contribution >= 0.6 is 11.3 Å². The highest BCUT2D eigenvalue weighted by Crippen LogP contribution is 2.33. The van der Waals surface area contributed by atoms with Crippen LogP contribution in [0, 0.1) is 17.3 Å². The smallest absolute Gasteiger partial charge is 0.348 e. The third-order valence-electron chi connectivity index (χ3n) is 3.87. The van der Waals surface area contributed by atoms with E-state index in [-0.39, 0.29) is 17.6 Å². The molecule has 0 amide bonds. The van der Waals surface area contributed by atoms with Crippen LogP contribution < -0.4 is 10.1 Å². The summed E-state index contributed by atoms with van der Waals surface area (Å²) in [5.41, 5.74) is 0.521. The van der Waals surface area contributed by atoms with E-state index in [9.17, 15) is 9.90 Å². The minimum atomic E-state index is -0.929. The molecule has 0 aromatic carbocycles. The molecule has 1 fully saturated rings. The zero-order valence-corrected chi connectivity index (χ0v) is 15.9. The number of rotatable bonds is 5. The van der Waals surface area contributed by atoms with Crippen LogP contribution in [0.5, 0.6) is 5.88 Å². The number of carbonyl (C=O) groups is 1.